The third kappa shape index (κ3) is 5.21. The molecule has 0 unspecified atom stereocenters. The molecule has 31 heavy (non-hydrogen) atoms. The van der Waals surface area contributed by atoms with E-state index >= 15 is 0 Å². The van der Waals surface area contributed by atoms with Crippen molar-refractivity contribution in [2.24, 2.45) is 0 Å². The zero-order valence-electron chi connectivity index (χ0n) is 18.1. The van der Waals surface area contributed by atoms with Crippen molar-refractivity contribution < 1.29 is 14.4 Å². The van der Waals surface area contributed by atoms with Gasteiger partial charge < -0.3 is 14.5 Å². The van der Waals surface area contributed by atoms with Crippen LogP contribution in [-0.2, 0) is 16.1 Å². The second-order valence-electron chi connectivity index (χ2n) is 8.06. The summed E-state index contributed by atoms with van der Waals surface area (Å²) in [4.78, 5) is 17.1. The Kier molecular flexibility index (Phi) is 7.12. The maximum atomic E-state index is 13.6. The molecule has 0 radical (unpaired) electrons. The summed E-state index contributed by atoms with van der Waals surface area (Å²) >= 11 is 0. The molecule has 6 nitrogen and oxygen atoms in total. The summed E-state index contributed by atoms with van der Waals surface area (Å²) in [6.07, 6.45) is 3.73. The number of ether oxygens (including phenoxy) is 1. The summed E-state index contributed by atoms with van der Waals surface area (Å²) in [7, 11) is 1.60. The smallest absolute Gasteiger partial charge is 0.256 e. The van der Waals surface area contributed by atoms with Crippen LogP contribution in [0.5, 0.6) is 0 Å². The van der Waals surface area contributed by atoms with E-state index in [1.807, 2.05) is 76.3 Å². The highest BCUT2D eigenvalue weighted by Gasteiger charge is 2.28. The Morgan fingerprint density at radius 3 is 2.42 bits per heavy atom. The van der Waals surface area contributed by atoms with Gasteiger partial charge in [-0.25, -0.2) is 4.68 Å². The van der Waals surface area contributed by atoms with Gasteiger partial charge in [-0.3, -0.25) is 4.79 Å². The lowest BCUT2D eigenvalue weighted by molar-refractivity contribution is -0.886. The van der Waals surface area contributed by atoms with E-state index in [4.69, 9.17) is 4.74 Å². The average Bonchev–Trinajstić information content (AvgIpc) is 3.50. The van der Waals surface area contributed by atoms with Crippen molar-refractivity contribution in [2.75, 3.05) is 33.3 Å². The summed E-state index contributed by atoms with van der Waals surface area (Å²) in [5.74, 6) is -0.00638. The lowest BCUT2D eigenvalue weighted by Crippen LogP contribution is -3.10. The van der Waals surface area contributed by atoms with Gasteiger partial charge in [0.1, 0.15) is 0 Å². The first-order valence-corrected chi connectivity index (χ1v) is 11.0. The van der Waals surface area contributed by atoms with E-state index in [1.54, 1.807) is 18.2 Å². The second-order valence-corrected chi connectivity index (χ2v) is 8.06. The summed E-state index contributed by atoms with van der Waals surface area (Å²) < 4.78 is 7.57. The molecule has 1 aliphatic heterocycles. The highest BCUT2D eigenvalue weighted by atomic mass is 16.5. The Morgan fingerprint density at radius 2 is 1.74 bits per heavy atom. The van der Waals surface area contributed by atoms with Gasteiger partial charge in [0, 0.05) is 26.1 Å². The van der Waals surface area contributed by atoms with Crippen molar-refractivity contribution in [1.29, 1.82) is 0 Å². The number of methoxy groups -OCH3 is 1. The number of rotatable bonds is 9. The summed E-state index contributed by atoms with van der Waals surface area (Å²) in [5.41, 5.74) is 2.86. The van der Waals surface area contributed by atoms with Gasteiger partial charge in [-0.05, 0) is 23.8 Å². The van der Waals surface area contributed by atoms with Crippen LogP contribution < -0.4 is 4.90 Å². The number of carbonyl (C=O) groups is 1. The number of para-hydroxylation sites is 1. The average molecular weight is 420 g/mol. The van der Waals surface area contributed by atoms with Crippen molar-refractivity contribution in [2.45, 2.75) is 25.5 Å². The van der Waals surface area contributed by atoms with Gasteiger partial charge in [0.25, 0.3) is 5.91 Å². The van der Waals surface area contributed by atoms with Crippen molar-refractivity contribution >= 4 is 5.91 Å². The van der Waals surface area contributed by atoms with E-state index in [0.29, 0.717) is 13.1 Å². The van der Waals surface area contributed by atoms with Crippen molar-refractivity contribution in [3.63, 3.8) is 0 Å². The number of nitrogens with zero attached hydrogens (tertiary/aromatic N) is 3. The molecular weight excluding hydrogens is 388 g/mol. The molecule has 0 aliphatic carbocycles. The van der Waals surface area contributed by atoms with Gasteiger partial charge in [-0.2, -0.15) is 5.10 Å². The number of hydrogen-bond acceptors (Lipinski definition) is 3. The standard InChI is InChI=1S/C25H30N4O2/c1-31-24(21-10-4-2-5-11-21)25(30)28(19-18-27-16-8-9-17-27)20-23-14-15-26-29(23)22-12-6-3-7-13-22/h2-7,10-15,24H,8-9,16-20H2,1H3/p+1/t24-/m1/s1. The fourth-order valence-electron chi connectivity index (χ4n) is 4.31. The predicted octanol–water partition coefficient (Wildman–Crippen LogP) is 2.27. The monoisotopic (exact) mass is 419 g/mol. The summed E-state index contributed by atoms with van der Waals surface area (Å²) in [6.45, 7) is 4.53. The Hall–Kier alpha value is -2.96. The third-order valence-corrected chi connectivity index (χ3v) is 5.99. The molecule has 0 saturated carbocycles. The highest BCUT2D eigenvalue weighted by molar-refractivity contribution is 5.82. The van der Waals surface area contributed by atoms with Crippen LogP contribution in [-0.4, -0.2) is 53.9 Å². The molecule has 1 aromatic heterocycles. The number of carbonyl (C=O) groups excluding carboxylic acids is 1. The first-order valence-electron chi connectivity index (χ1n) is 11.0. The van der Waals surface area contributed by atoms with Crippen LogP contribution in [0.15, 0.2) is 72.9 Å². The number of quaternary nitrogens is 1. The molecule has 1 atom stereocenters. The van der Waals surface area contributed by atoms with Gasteiger partial charge in [-0.15, -0.1) is 0 Å². The van der Waals surface area contributed by atoms with Crippen LogP contribution in [0, 0.1) is 0 Å². The summed E-state index contributed by atoms with van der Waals surface area (Å²) in [5, 5.41) is 4.50. The number of likely N-dealkylation sites (tertiary alicyclic amines) is 1. The van der Waals surface area contributed by atoms with E-state index in [2.05, 4.69) is 5.10 Å². The molecule has 1 saturated heterocycles. The van der Waals surface area contributed by atoms with Crippen LogP contribution in [0.25, 0.3) is 5.69 Å². The summed E-state index contributed by atoms with van der Waals surface area (Å²) in [6, 6.07) is 21.8. The maximum Gasteiger partial charge on any atom is 0.256 e. The van der Waals surface area contributed by atoms with Gasteiger partial charge in [-0.1, -0.05) is 48.5 Å². The predicted molar refractivity (Wildman–Crippen MR) is 120 cm³/mol. The number of aromatic nitrogens is 2. The molecule has 162 valence electrons. The number of hydrogen-bond donors (Lipinski definition) is 1. The Bertz CT molecular complexity index is 952. The van der Waals surface area contributed by atoms with E-state index < -0.39 is 6.10 Å². The van der Waals surface area contributed by atoms with Gasteiger partial charge in [0.15, 0.2) is 6.10 Å². The Balaban J connectivity index is 1.57. The minimum atomic E-state index is -0.608. The molecule has 0 bridgehead atoms. The Labute approximate surface area is 184 Å². The van der Waals surface area contributed by atoms with E-state index in [9.17, 15) is 4.79 Å². The van der Waals surface area contributed by atoms with Crippen molar-refractivity contribution in [3.05, 3.63) is 84.2 Å². The first kappa shape index (κ1) is 21.3. The molecule has 2 heterocycles. The lowest BCUT2D eigenvalue weighted by atomic mass is 10.1. The fourth-order valence-corrected chi connectivity index (χ4v) is 4.31. The molecule has 3 aromatic rings. The molecule has 2 aromatic carbocycles. The van der Waals surface area contributed by atoms with Crippen molar-refractivity contribution in [1.82, 2.24) is 14.7 Å². The van der Waals surface area contributed by atoms with Gasteiger partial charge in [0.2, 0.25) is 0 Å². The largest absolute Gasteiger partial charge is 0.367 e. The zero-order valence-corrected chi connectivity index (χ0v) is 18.1. The Morgan fingerprint density at radius 1 is 1.06 bits per heavy atom. The van der Waals surface area contributed by atoms with Crippen LogP contribution >= 0.6 is 0 Å². The zero-order chi connectivity index (χ0) is 21.5. The number of nitrogens with one attached hydrogen (secondary N) is 1. The fraction of sp³-hybridized carbons (Fsp3) is 0.360. The first-order chi connectivity index (χ1) is 15.3. The topological polar surface area (TPSA) is 51.8 Å². The van der Waals surface area contributed by atoms with Gasteiger partial charge in [0.05, 0.1) is 44.1 Å². The molecule has 6 heteroatoms. The van der Waals surface area contributed by atoms with Crippen molar-refractivity contribution in [3.8, 4) is 5.69 Å². The number of benzene rings is 2. The minimum Gasteiger partial charge on any atom is -0.367 e. The quantitative estimate of drug-likeness (QED) is 0.579. The molecule has 0 spiro atoms. The molecule has 1 fully saturated rings. The van der Waals surface area contributed by atoms with Crippen LogP contribution in [0.2, 0.25) is 0 Å². The van der Waals surface area contributed by atoms with E-state index in [1.165, 1.54) is 25.9 Å². The maximum absolute atomic E-state index is 13.6. The molecule has 1 aliphatic rings. The van der Waals surface area contributed by atoms with Crippen LogP contribution in [0.1, 0.15) is 30.2 Å². The second kappa shape index (κ2) is 10.4. The van der Waals surface area contributed by atoms with Crippen LogP contribution in [0.4, 0.5) is 0 Å². The molecule has 4 rings (SSSR count). The van der Waals surface area contributed by atoms with E-state index in [0.717, 1.165) is 23.5 Å². The van der Waals surface area contributed by atoms with E-state index in [-0.39, 0.29) is 5.91 Å². The minimum absolute atomic E-state index is 0.00638. The SMILES string of the molecule is CO[C@@H](C(=O)N(CC[NH+]1CCCC1)Cc1ccnn1-c1ccccc1)c1ccccc1. The molecule has 1 amide bonds. The number of amides is 1. The molecule has 1 N–H and O–H groups in total. The normalized spacial score (nSPS) is 15.1. The molecular formula is C25H31N4O2+. The van der Waals surface area contributed by atoms with Gasteiger partial charge >= 0.3 is 0 Å². The third-order valence-electron chi connectivity index (χ3n) is 5.99. The van der Waals surface area contributed by atoms with Crippen LogP contribution in [0.3, 0.4) is 0 Å². The highest BCUT2D eigenvalue weighted by Crippen LogP contribution is 2.21. The lowest BCUT2D eigenvalue weighted by Gasteiger charge is -2.28.